The summed E-state index contributed by atoms with van der Waals surface area (Å²) < 4.78 is 2.26. The number of amides is 1. The predicted molar refractivity (Wildman–Crippen MR) is 123 cm³/mol. The van der Waals surface area contributed by atoms with Crippen molar-refractivity contribution in [2.24, 2.45) is 0 Å². The molecule has 32 heavy (non-hydrogen) atoms. The van der Waals surface area contributed by atoms with Gasteiger partial charge in [0.2, 0.25) is 5.91 Å². The number of H-pyrrole nitrogens is 1. The number of likely N-dealkylation sites (tertiary alicyclic amines) is 1. The molecule has 0 unspecified atom stereocenters. The molecule has 0 saturated carbocycles. The van der Waals surface area contributed by atoms with Gasteiger partial charge in [-0.2, -0.15) is 5.10 Å². The van der Waals surface area contributed by atoms with Crippen LogP contribution in [0, 0.1) is 0 Å². The van der Waals surface area contributed by atoms with Crippen LogP contribution in [0.5, 0.6) is 0 Å². The summed E-state index contributed by atoms with van der Waals surface area (Å²) in [6.45, 7) is 1.33. The molecule has 1 spiro atoms. The molecule has 0 bridgehead atoms. The number of anilines is 1. The number of aromatic amines is 1. The number of fused-ring (bicyclic) bond motifs is 5. The molecule has 6 rings (SSSR count). The number of hydrogen-bond acceptors (Lipinski definition) is 4. The van der Waals surface area contributed by atoms with Crippen LogP contribution in [0.15, 0.2) is 71.7 Å². The highest BCUT2D eigenvalue weighted by molar-refractivity contribution is 5.88. The molecule has 4 aromatic rings. The van der Waals surface area contributed by atoms with E-state index in [1.807, 2.05) is 29.2 Å². The van der Waals surface area contributed by atoms with Gasteiger partial charge >= 0.3 is 0 Å². The summed E-state index contributed by atoms with van der Waals surface area (Å²) in [5.74, 6) is 0.0381. The predicted octanol–water partition coefficient (Wildman–Crippen LogP) is 3.20. The number of aromatic nitrogens is 3. The lowest BCUT2D eigenvalue weighted by atomic mass is 9.82. The van der Waals surface area contributed by atoms with Crippen LogP contribution in [0.4, 0.5) is 5.69 Å². The molecule has 2 aromatic heterocycles. The van der Waals surface area contributed by atoms with Crippen molar-refractivity contribution < 1.29 is 4.79 Å². The second-order valence-corrected chi connectivity index (χ2v) is 8.59. The number of nitrogens with one attached hydrogen (secondary N) is 2. The molecular formula is C25H23N5O2. The van der Waals surface area contributed by atoms with Gasteiger partial charge in [-0.05, 0) is 43.2 Å². The van der Waals surface area contributed by atoms with Crippen LogP contribution in [-0.2, 0) is 16.8 Å². The highest BCUT2D eigenvalue weighted by atomic mass is 16.2. The maximum absolute atomic E-state index is 13.1. The van der Waals surface area contributed by atoms with Crippen molar-refractivity contribution in [1.29, 1.82) is 0 Å². The molecule has 7 heteroatoms. The summed E-state index contributed by atoms with van der Waals surface area (Å²) in [7, 11) is 0. The third kappa shape index (κ3) is 2.85. The van der Waals surface area contributed by atoms with E-state index in [0.29, 0.717) is 24.2 Å². The minimum atomic E-state index is -0.233. The maximum atomic E-state index is 13.1. The Bertz CT molecular complexity index is 1390. The van der Waals surface area contributed by atoms with Crippen LogP contribution in [0.25, 0.3) is 16.5 Å². The van der Waals surface area contributed by atoms with Crippen molar-refractivity contribution in [3.8, 4) is 5.69 Å². The molecule has 160 valence electrons. The monoisotopic (exact) mass is 425 g/mol. The second-order valence-electron chi connectivity index (χ2n) is 8.59. The van der Waals surface area contributed by atoms with E-state index in [1.54, 1.807) is 6.07 Å². The zero-order valence-electron chi connectivity index (χ0n) is 17.5. The Labute approximate surface area is 184 Å². The number of piperidine rings is 1. The molecule has 1 saturated heterocycles. The number of rotatable bonds is 2. The van der Waals surface area contributed by atoms with E-state index in [9.17, 15) is 9.59 Å². The topological polar surface area (TPSA) is 83.0 Å². The van der Waals surface area contributed by atoms with Crippen molar-refractivity contribution in [2.45, 2.75) is 24.8 Å². The number of nitrogens with zero attached hydrogens (tertiary/aromatic N) is 3. The van der Waals surface area contributed by atoms with Gasteiger partial charge in [0.05, 0.1) is 34.4 Å². The summed E-state index contributed by atoms with van der Waals surface area (Å²) in [4.78, 5) is 27.1. The number of benzene rings is 2. The Hall–Kier alpha value is -3.87. The van der Waals surface area contributed by atoms with Crippen molar-refractivity contribution in [3.63, 3.8) is 0 Å². The lowest BCUT2D eigenvalue weighted by Gasteiger charge is -2.46. The highest BCUT2D eigenvalue weighted by Gasteiger charge is 2.42. The van der Waals surface area contributed by atoms with E-state index in [4.69, 9.17) is 0 Å². The third-order valence-electron chi connectivity index (χ3n) is 6.84. The molecule has 0 aliphatic carbocycles. The summed E-state index contributed by atoms with van der Waals surface area (Å²) in [5.41, 5.74) is 3.73. The van der Waals surface area contributed by atoms with Crippen LogP contribution in [0.2, 0.25) is 0 Å². The zero-order valence-corrected chi connectivity index (χ0v) is 17.5. The summed E-state index contributed by atoms with van der Waals surface area (Å²) >= 11 is 0. The van der Waals surface area contributed by atoms with Crippen LogP contribution in [-0.4, -0.2) is 38.7 Å². The molecule has 2 N–H and O–H groups in total. The van der Waals surface area contributed by atoms with Crippen LogP contribution in [0.1, 0.15) is 24.2 Å². The van der Waals surface area contributed by atoms with E-state index in [-0.39, 0.29) is 23.4 Å². The van der Waals surface area contributed by atoms with E-state index in [1.165, 1.54) is 5.69 Å². The fourth-order valence-electron chi connectivity index (χ4n) is 5.17. The van der Waals surface area contributed by atoms with E-state index in [2.05, 4.69) is 56.6 Å². The van der Waals surface area contributed by atoms with Gasteiger partial charge in [-0.1, -0.05) is 30.3 Å². The summed E-state index contributed by atoms with van der Waals surface area (Å²) in [5, 5.41) is 11.8. The molecule has 2 aromatic carbocycles. The molecule has 7 nitrogen and oxygen atoms in total. The molecule has 4 heterocycles. The first-order chi connectivity index (χ1) is 15.6. The molecule has 1 fully saturated rings. The lowest BCUT2D eigenvalue weighted by molar-refractivity contribution is -0.132. The number of hydrogen-bond donors (Lipinski definition) is 2. The lowest BCUT2D eigenvalue weighted by Crippen LogP contribution is -2.51. The second kappa shape index (κ2) is 7.09. The van der Waals surface area contributed by atoms with Crippen LogP contribution >= 0.6 is 0 Å². The van der Waals surface area contributed by atoms with Crippen molar-refractivity contribution in [1.82, 2.24) is 19.7 Å². The Morgan fingerprint density at radius 3 is 2.56 bits per heavy atom. The summed E-state index contributed by atoms with van der Waals surface area (Å²) in [6, 6.07) is 19.9. The number of carbonyl (C=O) groups excluding carboxylic acids is 1. The zero-order chi connectivity index (χ0) is 21.7. The minimum absolute atomic E-state index is 0.0381. The van der Waals surface area contributed by atoms with Gasteiger partial charge in [0.15, 0.2) is 0 Å². The summed E-state index contributed by atoms with van der Waals surface area (Å²) in [6.07, 6.45) is 3.95. The van der Waals surface area contributed by atoms with Crippen molar-refractivity contribution >= 4 is 22.4 Å². The smallest absolute Gasteiger partial charge is 0.272 e. The van der Waals surface area contributed by atoms with Crippen molar-refractivity contribution in [2.75, 3.05) is 18.4 Å². The Balaban J connectivity index is 1.23. The van der Waals surface area contributed by atoms with Gasteiger partial charge in [-0.25, -0.2) is 5.10 Å². The third-order valence-corrected chi connectivity index (χ3v) is 6.84. The first-order valence-electron chi connectivity index (χ1n) is 10.9. The average Bonchev–Trinajstić information content (AvgIpc) is 3.33. The quantitative estimate of drug-likeness (QED) is 0.517. The largest absolute Gasteiger partial charge is 0.372 e. The molecular weight excluding hydrogens is 402 g/mol. The molecule has 2 aliphatic rings. The Morgan fingerprint density at radius 1 is 0.969 bits per heavy atom. The van der Waals surface area contributed by atoms with Gasteiger partial charge in [-0.15, -0.1) is 0 Å². The van der Waals surface area contributed by atoms with Gasteiger partial charge in [0.25, 0.3) is 5.56 Å². The molecule has 2 aliphatic heterocycles. The van der Waals surface area contributed by atoms with Gasteiger partial charge in [-0.3, -0.25) is 9.59 Å². The average molecular weight is 425 g/mol. The van der Waals surface area contributed by atoms with Crippen LogP contribution in [0.3, 0.4) is 0 Å². The maximum Gasteiger partial charge on any atom is 0.272 e. The van der Waals surface area contributed by atoms with Crippen molar-refractivity contribution in [3.05, 3.63) is 88.6 Å². The van der Waals surface area contributed by atoms with E-state index in [0.717, 1.165) is 29.6 Å². The normalized spacial score (nSPS) is 16.4. The van der Waals surface area contributed by atoms with Crippen LogP contribution < -0.4 is 10.9 Å². The Morgan fingerprint density at radius 2 is 1.72 bits per heavy atom. The molecule has 0 radical (unpaired) electrons. The Kier molecular flexibility index (Phi) is 4.18. The highest BCUT2D eigenvalue weighted by Crippen LogP contribution is 2.43. The number of para-hydroxylation sites is 2. The molecule has 0 atom stereocenters. The SMILES string of the molecule is O=C(Cc1n[nH]c(=O)c2ccccc12)N1CCC2(CC1)Nc1ccccc1-n1cccc12. The molecule has 1 amide bonds. The van der Waals surface area contributed by atoms with E-state index >= 15 is 0 Å². The fourth-order valence-corrected chi connectivity index (χ4v) is 5.17. The van der Waals surface area contributed by atoms with Gasteiger partial charge in [0.1, 0.15) is 0 Å². The minimum Gasteiger partial charge on any atom is -0.372 e. The van der Waals surface area contributed by atoms with E-state index < -0.39 is 0 Å². The standard InChI is InChI=1S/C25H23N5O2/c31-23(16-20-17-6-1-2-7-18(17)24(32)28-27-20)29-14-11-25(12-15-29)22-10-5-13-30(22)21-9-4-3-8-19(21)26-25/h1-10,13,26H,11-12,14-16H2,(H,28,32). The first kappa shape index (κ1) is 18.9. The first-order valence-corrected chi connectivity index (χ1v) is 10.9. The van der Waals surface area contributed by atoms with Gasteiger partial charge in [0, 0.05) is 30.4 Å². The fraction of sp³-hybridized carbons (Fsp3) is 0.240. The van der Waals surface area contributed by atoms with Gasteiger partial charge < -0.3 is 14.8 Å². The number of carbonyl (C=O) groups is 1.